The van der Waals surface area contributed by atoms with E-state index in [0.29, 0.717) is 0 Å². The minimum Gasteiger partial charge on any atom is -0.786 e. The van der Waals surface area contributed by atoms with Crippen molar-refractivity contribution in [2.45, 2.75) is 0 Å². The van der Waals surface area contributed by atoms with Gasteiger partial charge in [0.15, 0.2) is 0 Å². The molecule has 8 heteroatoms. The topological polar surface area (TPSA) is 131 Å². The Morgan fingerprint density at radius 2 is 1.38 bits per heavy atom. The van der Waals surface area contributed by atoms with Crippen molar-refractivity contribution < 1.29 is 53.6 Å². The van der Waals surface area contributed by atoms with E-state index in [1.165, 1.54) is 0 Å². The molecule has 0 aromatic carbocycles. The van der Waals surface area contributed by atoms with E-state index in [-0.39, 0.29) is 41.2 Å². The number of hydrogen-bond acceptors (Lipinski definition) is 3. The van der Waals surface area contributed by atoms with Gasteiger partial charge < -0.3 is 26.0 Å². The maximum absolute atomic E-state index is 10.1. The molecule has 48 valence electrons. The third kappa shape index (κ3) is 252. The normalized spacial score (nSPS) is 7.38. The van der Waals surface area contributed by atoms with Crippen LogP contribution in [-0.2, 0) is 4.57 Å². The molecule has 0 radical (unpaired) electrons. The van der Waals surface area contributed by atoms with Gasteiger partial charge >= 0.3 is 29.6 Å². The van der Waals surface area contributed by atoms with E-state index in [2.05, 4.69) is 0 Å². The molecule has 0 rings (SSSR count). The Balaban J connectivity index is -0.0000000267. The Morgan fingerprint density at radius 1 is 1.38 bits per heavy atom. The molecule has 0 spiro atoms. The molecule has 0 aromatic heterocycles. The van der Waals surface area contributed by atoms with Crippen LogP contribution in [-0.4, -0.2) is 5.48 Å². The zero-order valence-corrected chi connectivity index (χ0v) is 7.44. The van der Waals surface area contributed by atoms with Gasteiger partial charge in [-0.25, -0.2) is 4.20 Å². The van der Waals surface area contributed by atoms with Crippen LogP contribution in [0.4, 0.5) is 4.20 Å². The van der Waals surface area contributed by atoms with Crippen LogP contribution in [0.5, 0.6) is 0 Å². The summed E-state index contributed by atoms with van der Waals surface area (Å²) < 4.78 is 18.6. The van der Waals surface area contributed by atoms with Gasteiger partial charge in [0.1, 0.15) is 7.91 Å². The largest absolute Gasteiger partial charge is 1.00 e. The molecule has 0 aliphatic heterocycles. The number of halogens is 1. The first-order valence-corrected chi connectivity index (χ1v) is 2.15. The number of quaternary nitrogens is 1. The second-order valence-electron chi connectivity index (χ2n) is 0.431. The molecule has 0 atom stereocenters. The molecule has 0 bridgehead atoms. The zero-order chi connectivity index (χ0) is 4.50. The monoisotopic (exact) mass is 157 g/mol. The Labute approximate surface area is 67.7 Å². The Hall–Kier alpha value is 1.00. The third-order valence-corrected chi connectivity index (χ3v) is 0. The molecule has 0 heterocycles. The van der Waals surface area contributed by atoms with E-state index in [1.807, 2.05) is 0 Å². The van der Waals surface area contributed by atoms with Crippen LogP contribution in [0.15, 0.2) is 0 Å². The van der Waals surface area contributed by atoms with Crippen molar-refractivity contribution in [1.82, 2.24) is 6.15 Å². The standard InChI is InChI=1S/FH2O3P.H3N.Na.H2O/c1-5(2,3)4;;;/h(H2,2,3,4);1H3;;1H2/q;;+1;/p-1. The SMILES string of the molecule is O.O=P([O-])([O-])F.[NH4+].[Na+]. The predicted octanol–water partition coefficient (Wildman–Crippen LogP) is -4.66. The predicted molar refractivity (Wildman–Crippen MR) is 18.3 cm³/mol. The Bertz CT molecular complexity index is 62.2. The Morgan fingerprint density at radius 3 is 1.38 bits per heavy atom. The first-order chi connectivity index (χ1) is 2.00. The van der Waals surface area contributed by atoms with Crippen LogP contribution in [0, 0.1) is 0 Å². The van der Waals surface area contributed by atoms with Crippen molar-refractivity contribution in [3.8, 4) is 0 Å². The van der Waals surface area contributed by atoms with Crippen molar-refractivity contribution in [3.63, 3.8) is 0 Å². The maximum Gasteiger partial charge on any atom is 1.00 e. The maximum atomic E-state index is 10.1. The molecular weight excluding hydrogens is 151 g/mol. The van der Waals surface area contributed by atoms with Crippen LogP contribution >= 0.6 is 7.91 Å². The van der Waals surface area contributed by atoms with Crippen molar-refractivity contribution in [2.75, 3.05) is 0 Å². The fourth-order valence-corrected chi connectivity index (χ4v) is 0. The molecule has 0 aromatic rings. The fourth-order valence-electron chi connectivity index (χ4n) is 0. The van der Waals surface area contributed by atoms with E-state index in [0.717, 1.165) is 0 Å². The average Bonchev–Trinajstić information content (AvgIpc) is 0.722. The molecule has 8 heavy (non-hydrogen) atoms. The molecule has 0 amide bonds. The summed E-state index contributed by atoms with van der Waals surface area (Å²) in [6.07, 6.45) is 0. The van der Waals surface area contributed by atoms with Gasteiger partial charge in [0.2, 0.25) is 0 Å². The van der Waals surface area contributed by atoms with Crippen molar-refractivity contribution in [1.29, 1.82) is 0 Å². The van der Waals surface area contributed by atoms with E-state index < -0.39 is 7.91 Å². The number of hydrogen-bond donors (Lipinski definition) is 1. The summed E-state index contributed by atoms with van der Waals surface area (Å²) in [6.45, 7) is 0. The summed E-state index contributed by atoms with van der Waals surface area (Å²) in [7, 11) is -5.64. The first kappa shape index (κ1) is 23.0. The minimum atomic E-state index is -5.64. The van der Waals surface area contributed by atoms with Crippen LogP contribution in [0.1, 0.15) is 0 Å². The number of rotatable bonds is 0. The van der Waals surface area contributed by atoms with Gasteiger partial charge in [-0.1, -0.05) is 0 Å². The van der Waals surface area contributed by atoms with Crippen molar-refractivity contribution in [3.05, 3.63) is 0 Å². The van der Waals surface area contributed by atoms with Gasteiger partial charge in [0, 0.05) is 0 Å². The van der Waals surface area contributed by atoms with E-state index in [4.69, 9.17) is 14.4 Å². The summed E-state index contributed by atoms with van der Waals surface area (Å²) in [5, 5.41) is 0. The van der Waals surface area contributed by atoms with Gasteiger partial charge in [-0.2, -0.15) is 0 Å². The summed E-state index contributed by atoms with van der Waals surface area (Å²) >= 11 is 0. The smallest absolute Gasteiger partial charge is 0.786 e. The van der Waals surface area contributed by atoms with Gasteiger partial charge in [0.25, 0.3) is 0 Å². The first-order valence-electron chi connectivity index (χ1n) is 0.717. The van der Waals surface area contributed by atoms with E-state index in [1.54, 1.807) is 0 Å². The molecule has 0 unspecified atom stereocenters. The molecule has 6 N–H and O–H groups in total. The van der Waals surface area contributed by atoms with Crippen LogP contribution in [0.2, 0.25) is 0 Å². The summed E-state index contributed by atoms with van der Waals surface area (Å²) in [5.41, 5.74) is 0. The molecule has 0 fully saturated rings. The zero-order valence-electron chi connectivity index (χ0n) is 4.55. The van der Waals surface area contributed by atoms with Crippen molar-refractivity contribution in [2.24, 2.45) is 0 Å². The van der Waals surface area contributed by atoms with Crippen LogP contribution in [0.3, 0.4) is 0 Å². The van der Waals surface area contributed by atoms with Gasteiger partial charge in [0.05, 0.1) is 0 Å². The third-order valence-electron chi connectivity index (χ3n) is 0. The molecule has 5 nitrogen and oxygen atoms in total. The fraction of sp³-hybridized carbons (Fsp3) is 0. The Kier molecular flexibility index (Phi) is 23.0. The van der Waals surface area contributed by atoms with E-state index in [9.17, 15) is 4.20 Å². The second-order valence-corrected chi connectivity index (χ2v) is 1.29. The van der Waals surface area contributed by atoms with E-state index >= 15 is 0 Å². The molecular formula is H6FNNaO4P. The molecule has 0 saturated carbocycles. The van der Waals surface area contributed by atoms with Crippen LogP contribution in [0.25, 0.3) is 0 Å². The minimum absolute atomic E-state index is 0. The van der Waals surface area contributed by atoms with Gasteiger partial charge in [-0.15, -0.1) is 0 Å². The molecule has 0 saturated heterocycles. The molecule has 0 aliphatic carbocycles. The second kappa shape index (κ2) is 8.00. The van der Waals surface area contributed by atoms with Crippen LogP contribution < -0.4 is 45.5 Å². The summed E-state index contributed by atoms with van der Waals surface area (Å²) in [4.78, 5) is 16.9. The quantitative estimate of drug-likeness (QED) is 0.280. The summed E-state index contributed by atoms with van der Waals surface area (Å²) in [6, 6.07) is 0. The van der Waals surface area contributed by atoms with Gasteiger partial charge in [-0.3, -0.25) is 0 Å². The van der Waals surface area contributed by atoms with Gasteiger partial charge in [-0.05, 0) is 0 Å². The van der Waals surface area contributed by atoms with Crippen molar-refractivity contribution >= 4 is 7.91 Å². The molecule has 0 aliphatic rings. The average molecular weight is 157 g/mol. The summed E-state index contributed by atoms with van der Waals surface area (Å²) in [5.74, 6) is 0.